The second kappa shape index (κ2) is 5.90. The molecule has 3 heteroatoms. The van der Waals surface area contributed by atoms with E-state index in [0.29, 0.717) is 5.02 Å². The fraction of sp³-hybridized carbons (Fsp3) is 0.462. The molecule has 1 atom stereocenters. The number of anilines is 1. The first-order valence-corrected chi connectivity index (χ1v) is 6.00. The average molecular weight is 240 g/mol. The van der Waals surface area contributed by atoms with Crippen molar-refractivity contribution in [2.45, 2.75) is 33.6 Å². The summed E-state index contributed by atoms with van der Waals surface area (Å²) >= 11 is 5.99. The molecule has 0 aromatic heterocycles. The van der Waals surface area contributed by atoms with Crippen molar-refractivity contribution < 1.29 is 4.79 Å². The molecule has 1 amide bonds. The van der Waals surface area contributed by atoms with Crippen molar-refractivity contribution in [2.75, 3.05) is 5.32 Å². The Morgan fingerprint density at radius 2 is 2.19 bits per heavy atom. The third-order valence-electron chi connectivity index (χ3n) is 2.69. The third-order valence-corrected chi connectivity index (χ3v) is 3.10. The lowest BCUT2D eigenvalue weighted by Crippen LogP contribution is -2.20. The van der Waals surface area contributed by atoms with Crippen LogP contribution in [0.3, 0.4) is 0 Å². The first-order valence-electron chi connectivity index (χ1n) is 5.62. The van der Waals surface area contributed by atoms with Gasteiger partial charge in [-0.05, 0) is 31.0 Å². The molecule has 0 saturated carbocycles. The van der Waals surface area contributed by atoms with Crippen LogP contribution in [0.5, 0.6) is 0 Å². The van der Waals surface area contributed by atoms with E-state index in [0.717, 1.165) is 24.1 Å². The minimum Gasteiger partial charge on any atom is -0.326 e. The highest BCUT2D eigenvalue weighted by Gasteiger charge is 2.13. The van der Waals surface area contributed by atoms with Gasteiger partial charge in [-0.1, -0.05) is 37.9 Å². The van der Waals surface area contributed by atoms with Gasteiger partial charge in [-0.15, -0.1) is 0 Å². The van der Waals surface area contributed by atoms with E-state index >= 15 is 0 Å². The fourth-order valence-electron chi connectivity index (χ4n) is 1.56. The van der Waals surface area contributed by atoms with Crippen molar-refractivity contribution in [1.82, 2.24) is 0 Å². The summed E-state index contributed by atoms with van der Waals surface area (Å²) in [6.07, 6.45) is 1.93. The fourth-order valence-corrected chi connectivity index (χ4v) is 1.74. The zero-order chi connectivity index (χ0) is 12.1. The van der Waals surface area contributed by atoms with Crippen LogP contribution in [0.2, 0.25) is 5.02 Å². The van der Waals surface area contributed by atoms with Crippen LogP contribution in [0.15, 0.2) is 18.2 Å². The molecule has 0 aliphatic carbocycles. The van der Waals surface area contributed by atoms with E-state index in [-0.39, 0.29) is 11.8 Å². The van der Waals surface area contributed by atoms with E-state index in [1.54, 1.807) is 0 Å². The van der Waals surface area contributed by atoms with Gasteiger partial charge < -0.3 is 5.32 Å². The van der Waals surface area contributed by atoms with E-state index in [2.05, 4.69) is 12.2 Å². The molecular formula is C13H18ClNO. The Labute approximate surface area is 102 Å². The van der Waals surface area contributed by atoms with E-state index in [1.165, 1.54) is 0 Å². The molecule has 0 aliphatic heterocycles. The number of benzene rings is 1. The van der Waals surface area contributed by atoms with E-state index < -0.39 is 0 Å². The Morgan fingerprint density at radius 1 is 1.50 bits per heavy atom. The van der Waals surface area contributed by atoms with Gasteiger partial charge in [0.2, 0.25) is 5.91 Å². The Bertz CT molecular complexity index is 376. The van der Waals surface area contributed by atoms with Crippen molar-refractivity contribution in [1.29, 1.82) is 0 Å². The minimum atomic E-state index is 0.0448. The van der Waals surface area contributed by atoms with Crippen LogP contribution in [0.1, 0.15) is 32.3 Å². The van der Waals surface area contributed by atoms with Crippen LogP contribution in [-0.2, 0) is 4.79 Å². The highest BCUT2D eigenvalue weighted by Crippen LogP contribution is 2.23. The Kier molecular flexibility index (Phi) is 4.81. The van der Waals surface area contributed by atoms with Crippen molar-refractivity contribution >= 4 is 23.2 Å². The van der Waals surface area contributed by atoms with Gasteiger partial charge in [-0.25, -0.2) is 0 Å². The zero-order valence-corrected chi connectivity index (χ0v) is 10.8. The molecule has 0 heterocycles. The van der Waals surface area contributed by atoms with Crippen molar-refractivity contribution in [3.63, 3.8) is 0 Å². The number of rotatable bonds is 4. The maximum absolute atomic E-state index is 11.8. The number of carbonyl (C=O) groups excluding carboxylic acids is 1. The van der Waals surface area contributed by atoms with Crippen molar-refractivity contribution in [3.8, 4) is 0 Å². The molecule has 16 heavy (non-hydrogen) atoms. The highest BCUT2D eigenvalue weighted by atomic mass is 35.5. The van der Waals surface area contributed by atoms with Gasteiger partial charge >= 0.3 is 0 Å². The molecule has 1 aromatic carbocycles. The molecule has 88 valence electrons. The lowest BCUT2D eigenvalue weighted by Gasteiger charge is -2.13. The molecule has 0 radical (unpaired) electrons. The maximum Gasteiger partial charge on any atom is 0.227 e. The number of nitrogens with one attached hydrogen (secondary N) is 1. The lowest BCUT2D eigenvalue weighted by molar-refractivity contribution is -0.119. The molecular weight excluding hydrogens is 222 g/mol. The summed E-state index contributed by atoms with van der Waals surface area (Å²) in [5.41, 5.74) is 1.72. The second-order valence-corrected chi connectivity index (χ2v) is 4.50. The van der Waals surface area contributed by atoms with Gasteiger partial charge in [0.05, 0.1) is 0 Å². The third kappa shape index (κ3) is 3.24. The van der Waals surface area contributed by atoms with Crippen molar-refractivity contribution in [3.05, 3.63) is 28.8 Å². The highest BCUT2D eigenvalue weighted by molar-refractivity contribution is 6.31. The average Bonchev–Trinajstić information content (AvgIpc) is 2.25. The second-order valence-electron chi connectivity index (χ2n) is 4.09. The van der Waals surface area contributed by atoms with Gasteiger partial charge in [0, 0.05) is 16.6 Å². The standard InChI is InChI=1S/C13H18ClNO/c1-4-6-9(2)13(16)15-12-8-5-7-11(14)10(12)3/h5,7-9H,4,6H2,1-3H3,(H,15,16). The largest absolute Gasteiger partial charge is 0.326 e. The summed E-state index contributed by atoms with van der Waals surface area (Å²) in [5, 5.41) is 3.59. The molecule has 2 nitrogen and oxygen atoms in total. The molecule has 0 fully saturated rings. The maximum atomic E-state index is 11.8. The van der Waals surface area contributed by atoms with Crippen LogP contribution in [0.25, 0.3) is 0 Å². The molecule has 0 bridgehead atoms. The monoisotopic (exact) mass is 239 g/mol. The zero-order valence-electron chi connectivity index (χ0n) is 10.0. The number of hydrogen-bond donors (Lipinski definition) is 1. The van der Waals surface area contributed by atoms with Gasteiger partial charge in [0.1, 0.15) is 0 Å². The SMILES string of the molecule is CCCC(C)C(=O)Nc1cccc(Cl)c1C. The normalized spacial score (nSPS) is 12.2. The van der Waals surface area contributed by atoms with Crippen molar-refractivity contribution in [2.24, 2.45) is 5.92 Å². The first-order chi connectivity index (χ1) is 7.56. The number of halogens is 1. The minimum absolute atomic E-state index is 0.0448. The summed E-state index contributed by atoms with van der Waals surface area (Å²) in [7, 11) is 0. The summed E-state index contributed by atoms with van der Waals surface area (Å²) in [6.45, 7) is 5.93. The van der Waals surface area contributed by atoms with Gasteiger partial charge in [0.25, 0.3) is 0 Å². The molecule has 1 unspecified atom stereocenters. The predicted molar refractivity (Wildman–Crippen MR) is 68.9 cm³/mol. The molecule has 0 spiro atoms. The van der Waals surface area contributed by atoms with E-state index in [9.17, 15) is 4.79 Å². The van der Waals surface area contributed by atoms with Crippen LogP contribution >= 0.6 is 11.6 Å². The summed E-state index contributed by atoms with van der Waals surface area (Å²) < 4.78 is 0. The molecule has 1 rings (SSSR count). The Balaban J connectivity index is 2.73. The number of carbonyl (C=O) groups is 1. The van der Waals surface area contributed by atoms with Crippen LogP contribution in [0, 0.1) is 12.8 Å². The summed E-state index contributed by atoms with van der Waals surface area (Å²) in [4.78, 5) is 11.8. The molecule has 1 aromatic rings. The smallest absolute Gasteiger partial charge is 0.227 e. The van der Waals surface area contributed by atoms with E-state index in [4.69, 9.17) is 11.6 Å². The Hall–Kier alpha value is -1.02. The first kappa shape index (κ1) is 13.0. The molecule has 1 N–H and O–H groups in total. The topological polar surface area (TPSA) is 29.1 Å². The van der Waals surface area contributed by atoms with E-state index in [1.807, 2.05) is 32.0 Å². The van der Waals surface area contributed by atoms with Crippen LogP contribution in [-0.4, -0.2) is 5.91 Å². The van der Waals surface area contributed by atoms with Crippen LogP contribution in [0.4, 0.5) is 5.69 Å². The molecule has 0 aliphatic rings. The Morgan fingerprint density at radius 3 is 2.81 bits per heavy atom. The number of hydrogen-bond acceptors (Lipinski definition) is 1. The van der Waals surface area contributed by atoms with Gasteiger partial charge in [-0.2, -0.15) is 0 Å². The predicted octanol–water partition coefficient (Wildman–Crippen LogP) is 4.02. The number of amides is 1. The van der Waals surface area contributed by atoms with Gasteiger partial charge in [-0.3, -0.25) is 4.79 Å². The quantitative estimate of drug-likeness (QED) is 0.845. The summed E-state index contributed by atoms with van der Waals surface area (Å²) in [6, 6.07) is 5.54. The van der Waals surface area contributed by atoms with Gasteiger partial charge in [0.15, 0.2) is 0 Å². The molecule has 0 saturated heterocycles. The summed E-state index contributed by atoms with van der Waals surface area (Å²) in [5.74, 6) is 0.107. The van der Waals surface area contributed by atoms with Crippen LogP contribution < -0.4 is 5.32 Å². The lowest BCUT2D eigenvalue weighted by atomic mass is 10.1.